The Bertz CT molecular complexity index is 1220. The normalized spacial score (nSPS) is 15.0. The van der Waals surface area contributed by atoms with E-state index in [4.69, 9.17) is 9.84 Å². The third-order valence-corrected chi connectivity index (χ3v) is 7.72. The molecule has 8 heteroatoms. The number of nitrogens with one attached hydrogen (secondary N) is 1. The van der Waals surface area contributed by atoms with Crippen molar-refractivity contribution in [1.82, 2.24) is 10.2 Å². The fraction of sp³-hybridized carbons (Fsp3) is 0.296. The monoisotopic (exact) mass is 490 g/mol. The molecule has 0 saturated heterocycles. The second-order valence-electron chi connectivity index (χ2n) is 8.83. The Morgan fingerprint density at radius 3 is 2.43 bits per heavy atom. The number of aliphatic carboxylic acids is 1. The number of hydrogen-bond donors (Lipinski definition) is 2. The summed E-state index contributed by atoms with van der Waals surface area (Å²) in [5.74, 6) is -1.40. The quantitative estimate of drug-likeness (QED) is 0.512. The summed E-state index contributed by atoms with van der Waals surface area (Å²) in [7, 11) is 0. The molecule has 1 aromatic heterocycles. The molecule has 2 aromatic carbocycles. The van der Waals surface area contributed by atoms with E-state index in [-0.39, 0.29) is 31.3 Å². The third-order valence-electron chi connectivity index (χ3n) is 6.70. The molecule has 2 amide bonds. The average Bonchev–Trinajstić information content (AvgIpc) is 3.47. The van der Waals surface area contributed by atoms with Gasteiger partial charge in [0, 0.05) is 30.3 Å². The summed E-state index contributed by atoms with van der Waals surface area (Å²) in [4.78, 5) is 40.1. The summed E-state index contributed by atoms with van der Waals surface area (Å²) >= 11 is 1.68. The van der Waals surface area contributed by atoms with Crippen molar-refractivity contribution in [3.05, 3.63) is 81.5 Å². The van der Waals surface area contributed by atoms with Gasteiger partial charge in [0.05, 0.1) is 0 Å². The number of carbonyl (C=O) groups excluding carboxylic acids is 2. The van der Waals surface area contributed by atoms with E-state index in [1.807, 2.05) is 47.8 Å². The zero-order chi connectivity index (χ0) is 24.4. The first kappa shape index (κ1) is 23.1. The lowest BCUT2D eigenvalue weighted by molar-refractivity contribution is -0.138. The second-order valence-corrected chi connectivity index (χ2v) is 9.83. The van der Waals surface area contributed by atoms with Crippen LogP contribution in [0.25, 0.3) is 11.1 Å². The number of rotatable bonds is 7. The van der Waals surface area contributed by atoms with E-state index in [2.05, 4.69) is 17.4 Å². The maximum atomic E-state index is 13.2. The van der Waals surface area contributed by atoms with Crippen molar-refractivity contribution in [1.29, 1.82) is 0 Å². The Labute approximate surface area is 207 Å². The van der Waals surface area contributed by atoms with Gasteiger partial charge < -0.3 is 20.1 Å². The molecule has 1 unspecified atom stereocenters. The summed E-state index contributed by atoms with van der Waals surface area (Å²) in [6.07, 6.45) is -0.179. The minimum absolute atomic E-state index is 0.00531. The van der Waals surface area contributed by atoms with Crippen molar-refractivity contribution in [2.24, 2.45) is 0 Å². The first-order valence-electron chi connectivity index (χ1n) is 11.7. The first-order chi connectivity index (χ1) is 17.0. The van der Waals surface area contributed by atoms with E-state index < -0.39 is 18.1 Å². The number of carbonyl (C=O) groups is 3. The van der Waals surface area contributed by atoms with Gasteiger partial charge in [0.2, 0.25) is 5.91 Å². The SMILES string of the molecule is O=C(O)CCC(NC(=O)OCC1c2ccccc2-c2ccccc21)C(=O)N1CCc2sccc2C1. The molecule has 2 aliphatic rings. The Morgan fingerprint density at radius 1 is 1.06 bits per heavy atom. The molecule has 180 valence electrons. The smallest absolute Gasteiger partial charge is 0.407 e. The summed E-state index contributed by atoms with van der Waals surface area (Å²) in [5.41, 5.74) is 5.56. The van der Waals surface area contributed by atoms with Crippen molar-refractivity contribution in [2.45, 2.75) is 37.8 Å². The lowest BCUT2D eigenvalue weighted by Crippen LogP contribution is -2.50. The zero-order valence-corrected chi connectivity index (χ0v) is 19.9. The lowest BCUT2D eigenvalue weighted by Gasteiger charge is -2.30. The van der Waals surface area contributed by atoms with Crippen LogP contribution in [0.1, 0.15) is 40.3 Å². The summed E-state index contributed by atoms with van der Waals surface area (Å²) < 4.78 is 5.59. The van der Waals surface area contributed by atoms with Crippen molar-refractivity contribution in [3.8, 4) is 11.1 Å². The molecule has 1 aliphatic carbocycles. The van der Waals surface area contributed by atoms with E-state index in [0.717, 1.165) is 34.2 Å². The number of carboxylic acids is 1. The number of benzene rings is 2. The lowest BCUT2D eigenvalue weighted by atomic mass is 9.98. The Balaban J connectivity index is 1.26. The predicted octanol–water partition coefficient (Wildman–Crippen LogP) is 4.40. The van der Waals surface area contributed by atoms with Crippen molar-refractivity contribution in [3.63, 3.8) is 0 Å². The molecule has 5 rings (SSSR count). The van der Waals surface area contributed by atoms with Gasteiger partial charge in [0.25, 0.3) is 0 Å². The largest absolute Gasteiger partial charge is 0.481 e. The minimum Gasteiger partial charge on any atom is -0.481 e. The highest BCUT2D eigenvalue weighted by Crippen LogP contribution is 2.44. The predicted molar refractivity (Wildman–Crippen MR) is 132 cm³/mol. The topological polar surface area (TPSA) is 95.9 Å². The first-order valence-corrected chi connectivity index (χ1v) is 12.6. The third kappa shape index (κ3) is 4.79. The van der Waals surface area contributed by atoms with Gasteiger partial charge in [-0.15, -0.1) is 11.3 Å². The average molecular weight is 491 g/mol. The van der Waals surface area contributed by atoms with Crippen LogP contribution >= 0.6 is 11.3 Å². The van der Waals surface area contributed by atoms with Crippen LogP contribution in [0.4, 0.5) is 4.79 Å². The molecule has 0 spiro atoms. The van der Waals surface area contributed by atoms with E-state index >= 15 is 0 Å². The maximum absolute atomic E-state index is 13.2. The molecule has 3 aromatic rings. The highest BCUT2D eigenvalue weighted by molar-refractivity contribution is 7.10. The van der Waals surface area contributed by atoms with E-state index in [1.165, 1.54) is 4.88 Å². The Kier molecular flexibility index (Phi) is 6.55. The molecule has 7 nitrogen and oxygen atoms in total. The molecule has 1 atom stereocenters. The number of nitrogens with zero attached hydrogens (tertiary/aromatic N) is 1. The van der Waals surface area contributed by atoms with Gasteiger partial charge in [0.1, 0.15) is 12.6 Å². The Hall–Kier alpha value is -3.65. The molecule has 0 bridgehead atoms. The van der Waals surface area contributed by atoms with Crippen LogP contribution in [0.3, 0.4) is 0 Å². The summed E-state index contributed by atoms with van der Waals surface area (Å²) in [5, 5.41) is 13.8. The fourth-order valence-electron chi connectivity index (χ4n) is 4.96. The molecule has 35 heavy (non-hydrogen) atoms. The van der Waals surface area contributed by atoms with Gasteiger partial charge in [-0.1, -0.05) is 48.5 Å². The van der Waals surface area contributed by atoms with Crippen LogP contribution in [-0.4, -0.2) is 47.2 Å². The van der Waals surface area contributed by atoms with Crippen LogP contribution in [0.15, 0.2) is 60.0 Å². The molecule has 0 fully saturated rings. The van der Waals surface area contributed by atoms with Crippen LogP contribution in [-0.2, 0) is 27.3 Å². The fourth-order valence-corrected chi connectivity index (χ4v) is 5.85. The van der Waals surface area contributed by atoms with Gasteiger partial charge in [-0.25, -0.2) is 4.79 Å². The van der Waals surface area contributed by atoms with Crippen molar-refractivity contribution >= 4 is 29.3 Å². The number of carboxylic acid groups (broad SMARTS) is 1. The van der Waals surface area contributed by atoms with Gasteiger partial charge in [0.15, 0.2) is 0 Å². The number of alkyl carbamates (subject to hydrolysis) is 1. The number of amides is 2. The second kappa shape index (κ2) is 9.92. The van der Waals surface area contributed by atoms with Gasteiger partial charge in [-0.2, -0.15) is 0 Å². The maximum Gasteiger partial charge on any atom is 0.407 e. The van der Waals surface area contributed by atoms with Crippen LogP contribution in [0, 0.1) is 0 Å². The number of hydrogen-bond acceptors (Lipinski definition) is 5. The van der Waals surface area contributed by atoms with Crippen LogP contribution < -0.4 is 5.32 Å². The molecule has 1 aliphatic heterocycles. The highest BCUT2D eigenvalue weighted by Gasteiger charge is 2.32. The van der Waals surface area contributed by atoms with E-state index in [0.29, 0.717) is 13.1 Å². The number of thiophene rings is 1. The van der Waals surface area contributed by atoms with Gasteiger partial charge in [-0.3, -0.25) is 9.59 Å². The van der Waals surface area contributed by atoms with Crippen molar-refractivity contribution < 1.29 is 24.2 Å². The summed E-state index contributed by atoms with van der Waals surface area (Å²) in [6.45, 7) is 1.14. The van der Waals surface area contributed by atoms with Gasteiger partial charge >= 0.3 is 12.1 Å². The zero-order valence-electron chi connectivity index (χ0n) is 19.1. The molecule has 2 N–H and O–H groups in total. The Morgan fingerprint density at radius 2 is 1.74 bits per heavy atom. The summed E-state index contributed by atoms with van der Waals surface area (Å²) in [6, 6.07) is 17.2. The standard InChI is InChI=1S/C27H26N2O5S/c30-25(31)10-9-23(26(32)29-13-11-24-17(15-29)12-14-35-24)28-27(33)34-16-22-20-7-3-1-5-18(20)19-6-2-4-8-21(19)22/h1-8,12,14,22-23H,9-11,13,15-16H2,(H,28,33)(H,30,31). The highest BCUT2D eigenvalue weighted by atomic mass is 32.1. The number of fused-ring (bicyclic) bond motifs is 4. The molecule has 2 heterocycles. The van der Waals surface area contributed by atoms with E-state index in [9.17, 15) is 14.4 Å². The molecule has 0 radical (unpaired) electrons. The van der Waals surface area contributed by atoms with Crippen LogP contribution in [0.5, 0.6) is 0 Å². The molecular formula is C27H26N2O5S. The van der Waals surface area contributed by atoms with E-state index in [1.54, 1.807) is 16.2 Å². The van der Waals surface area contributed by atoms with Crippen molar-refractivity contribution in [2.75, 3.05) is 13.2 Å². The number of ether oxygens (including phenoxy) is 1. The van der Waals surface area contributed by atoms with Crippen LogP contribution in [0.2, 0.25) is 0 Å². The molecular weight excluding hydrogens is 464 g/mol. The molecule has 0 saturated carbocycles. The van der Waals surface area contributed by atoms with Gasteiger partial charge in [-0.05, 0) is 52.1 Å². The minimum atomic E-state index is -1.02.